The number of carboxylic acid groups (broad SMARTS) is 1. The van der Waals surface area contributed by atoms with Gasteiger partial charge in [-0.25, -0.2) is 9.59 Å². The molecule has 0 bridgehead atoms. The summed E-state index contributed by atoms with van der Waals surface area (Å²) in [6, 6.07) is 1.41. The van der Waals surface area contributed by atoms with Gasteiger partial charge in [0.1, 0.15) is 4.88 Å². The summed E-state index contributed by atoms with van der Waals surface area (Å²) in [7, 11) is 0. The van der Waals surface area contributed by atoms with E-state index >= 15 is 0 Å². The van der Waals surface area contributed by atoms with Crippen LogP contribution in [-0.4, -0.2) is 23.7 Å². The van der Waals surface area contributed by atoms with Gasteiger partial charge in [-0.15, -0.1) is 11.3 Å². The Bertz CT molecular complexity index is 356. The molecule has 1 rings (SSSR count). The second kappa shape index (κ2) is 5.50. The average Bonchev–Trinajstić information content (AvgIpc) is 2.66. The van der Waals surface area contributed by atoms with E-state index in [0.717, 1.165) is 24.2 Å². The van der Waals surface area contributed by atoms with E-state index in [1.807, 2.05) is 6.92 Å². The summed E-state index contributed by atoms with van der Waals surface area (Å²) in [5.74, 6) is -1.64. The smallest absolute Gasteiger partial charge is 0.349 e. The quantitative estimate of drug-likeness (QED) is 0.621. The van der Waals surface area contributed by atoms with E-state index in [4.69, 9.17) is 9.84 Å². The molecule has 0 saturated carbocycles. The van der Waals surface area contributed by atoms with Gasteiger partial charge in [0.2, 0.25) is 0 Å². The molecular weight excluding hydrogens is 216 g/mol. The van der Waals surface area contributed by atoms with Gasteiger partial charge in [0.15, 0.2) is 0 Å². The summed E-state index contributed by atoms with van der Waals surface area (Å²) in [5.41, 5.74) is 0.0153. The largest absolute Gasteiger partial charge is 0.478 e. The number of esters is 1. The molecule has 0 spiro atoms. The number of carboxylic acids is 1. The first-order chi connectivity index (χ1) is 7.16. The van der Waals surface area contributed by atoms with E-state index in [2.05, 4.69) is 0 Å². The van der Waals surface area contributed by atoms with Crippen molar-refractivity contribution in [3.63, 3.8) is 0 Å². The summed E-state index contributed by atoms with van der Waals surface area (Å²) in [6.07, 6.45) is 1.73. The Hall–Kier alpha value is -1.36. The van der Waals surface area contributed by atoms with E-state index < -0.39 is 11.9 Å². The molecule has 0 saturated heterocycles. The predicted molar refractivity (Wildman–Crippen MR) is 56.5 cm³/mol. The van der Waals surface area contributed by atoms with Gasteiger partial charge in [-0.1, -0.05) is 13.3 Å². The number of rotatable bonds is 5. The van der Waals surface area contributed by atoms with Crippen molar-refractivity contribution in [2.24, 2.45) is 0 Å². The van der Waals surface area contributed by atoms with E-state index in [1.54, 1.807) is 5.38 Å². The van der Waals surface area contributed by atoms with Gasteiger partial charge in [0.05, 0.1) is 12.2 Å². The van der Waals surface area contributed by atoms with Crippen LogP contribution in [0, 0.1) is 0 Å². The van der Waals surface area contributed by atoms with E-state index in [0.29, 0.717) is 6.61 Å². The second-order valence-corrected chi connectivity index (χ2v) is 3.87. The molecule has 0 aromatic carbocycles. The van der Waals surface area contributed by atoms with Crippen molar-refractivity contribution in [1.29, 1.82) is 0 Å². The molecule has 1 heterocycles. The fraction of sp³-hybridized carbons (Fsp3) is 0.400. The highest BCUT2D eigenvalue weighted by molar-refractivity contribution is 7.12. The first kappa shape index (κ1) is 11.7. The van der Waals surface area contributed by atoms with Gasteiger partial charge in [-0.3, -0.25) is 0 Å². The Balaban J connectivity index is 2.65. The minimum atomic E-state index is -1.10. The zero-order valence-electron chi connectivity index (χ0n) is 8.36. The fourth-order valence-corrected chi connectivity index (χ4v) is 1.79. The van der Waals surface area contributed by atoms with Crippen LogP contribution in [-0.2, 0) is 4.74 Å². The summed E-state index contributed by atoms with van der Waals surface area (Å²) < 4.78 is 4.93. The summed E-state index contributed by atoms with van der Waals surface area (Å²) in [5, 5.41) is 10.3. The van der Waals surface area contributed by atoms with Crippen molar-refractivity contribution >= 4 is 23.3 Å². The highest BCUT2D eigenvalue weighted by Crippen LogP contribution is 2.18. The number of thiophene rings is 1. The Morgan fingerprint density at radius 1 is 1.53 bits per heavy atom. The maximum atomic E-state index is 11.4. The number of carbonyl (C=O) groups is 2. The van der Waals surface area contributed by atoms with Crippen molar-refractivity contribution in [3.05, 3.63) is 21.9 Å². The van der Waals surface area contributed by atoms with Gasteiger partial charge >= 0.3 is 11.9 Å². The Kier molecular flexibility index (Phi) is 4.30. The van der Waals surface area contributed by atoms with Gasteiger partial charge in [-0.2, -0.15) is 0 Å². The number of aromatic carboxylic acids is 1. The molecule has 0 aliphatic heterocycles. The molecule has 1 aromatic rings. The minimum absolute atomic E-state index is 0.0153. The third kappa shape index (κ3) is 3.06. The normalized spacial score (nSPS) is 9.93. The van der Waals surface area contributed by atoms with Crippen LogP contribution >= 0.6 is 11.3 Å². The number of ether oxygens (including phenoxy) is 1. The number of hydrogen-bond donors (Lipinski definition) is 1. The lowest BCUT2D eigenvalue weighted by atomic mass is 10.2. The predicted octanol–water partition coefficient (Wildman–Crippen LogP) is 2.40. The molecule has 0 aliphatic carbocycles. The maximum absolute atomic E-state index is 11.4. The second-order valence-electron chi connectivity index (χ2n) is 2.96. The molecule has 0 unspecified atom stereocenters. The van der Waals surface area contributed by atoms with Crippen molar-refractivity contribution in [1.82, 2.24) is 0 Å². The standard InChI is InChI=1S/C10H12O4S/c1-2-3-5-14-10(13)8-7(9(11)12)4-6-15-8/h4,6H,2-3,5H2,1H3,(H,11,12). The van der Waals surface area contributed by atoms with Crippen molar-refractivity contribution < 1.29 is 19.4 Å². The van der Waals surface area contributed by atoms with Gasteiger partial charge in [-0.05, 0) is 17.9 Å². The van der Waals surface area contributed by atoms with E-state index in [1.165, 1.54) is 6.07 Å². The van der Waals surface area contributed by atoms with E-state index in [9.17, 15) is 9.59 Å². The van der Waals surface area contributed by atoms with Crippen molar-refractivity contribution in [3.8, 4) is 0 Å². The fourth-order valence-electron chi connectivity index (χ4n) is 1.01. The lowest BCUT2D eigenvalue weighted by molar-refractivity contribution is 0.0495. The number of carbonyl (C=O) groups excluding carboxylic acids is 1. The molecule has 0 atom stereocenters. The molecule has 15 heavy (non-hydrogen) atoms. The Labute approximate surface area is 91.5 Å². The summed E-state index contributed by atoms with van der Waals surface area (Å²) in [6.45, 7) is 2.33. The third-order valence-electron chi connectivity index (χ3n) is 1.81. The zero-order valence-corrected chi connectivity index (χ0v) is 9.17. The Morgan fingerprint density at radius 2 is 2.27 bits per heavy atom. The van der Waals surface area contributed by atoms with Crippen LogP contribution in [0.2, 0.25) is 0 Å². The third-order valence-corrected chi connectivity index (χ3v) is 2.71. The molecular formula is C10H12O4S. The van der Waals surface area contributed by atoms with Crippen LogP contribution < -0.4 is 0 Å². The van der Waals surface area contributed by atoms with Gasteiger partial charge < -0.3 is 9.84 Å². The van der Waals surface area contributed by atoms with Crippen molar-refractivity contribution in [2.75, 3.05) is 6.61 Å². The summed E-state index contributed by atoms with van der Waals surface area (Å²) in [4.78, 5) is 22.3. The highest BCUT2D eigenvalue weighted by atomic mass is 32.1. The van der Waals surface area contributed by atoms with Gasteiger partial charge in [0, 0.05) is 0 Å². The lowest BCUT2D eigenvalue weighted by Gasteiger charge is -2.02. The number of unbranched alkanes of at least 4 members (excludes halogenated alkanes) is 1. The first-order valence-corrected chi connectivity index (χ1v) is 5.52. The minimum Gasteiger partial charge on any atom is -0.478 e. The van der Waals surface area contributed by atoms with Crippen LogP contribution in [0.15, 0.2) is 11.4 Å². The molecule has 82 valence electrons. The maximum Gasteiger partial charge on any atom is 0.349 e. The Morgan fingerprint density at radius 3 is 2.87 bits per heavy atom. The van der Waals surface area contributed by atoms with Crippen LogP contribution in [0.1, 0.15) is 39.8 Å². The first-order valence-electron chi connectivity index (χ1n) is 4.64. The lowest BCUT2D eigenvalue weighted by Crippen LogP contribution is -2.09. The SMILES string of the molecule is CCCCOC(=O)c1sccc1C(=O)O. The molecule has 0 fully saturated rings. The van der Waals surface area contributed by atoms with Crippen LogP contribution in [0.25, 0.3) is 0 Å². The van der Waals surface area contributed by atoms with Crippen LogP contribution in [0.4, 0.5) is 0 Å². The monoisotopic (exact) mass is 228 g/mol. The molecule has 1 aromatic heterocycles. The van der Waals surface area contributed by atoms with Crippen LogP contribution in [0.5, 0.6) is 0 Å². The molecule has 0 radical (unpaired) electrons. The van der Waals surface area contributed by atoms with Crippen molar-refractivity contribution in [2.45, 2.75) is 19.8 Å². The average molecular weight is 228 g/mol. The molecule has 4 nitrogen and oxygen atoms in total. The molecule has 0 aliphatic rings. The summed E-state index contributed by atoms with van der Waals surface area (Å²) >= 11 is 1.09. The zero-order chi connectivity index (χ0) is 11.3. The van der Waals surface area contributed by atoms with E-state index in [-0.39, 0.29) is 10.4 Å². The molecule has 0 amide bonds. The molecule has 5 heteroatoms. The topological polar surface area (TPSA) is 63.6 Å². The number of hydrogen-bond acceptors (Lipinski definition) is 4. The molecule has 1 N–H and O–H groups in total. The highest BCUT2D eigenvalue weighted by Gasteiger charge is 2.18. The van der Waals surface area contributed by atoms with Gasteiger partial charge in [0.25, 0.3) is 0 Å². The van der Waals surface area contributed by atoms with Crippen LogP contribution in [0.3, 0.4) is 0 Å².